The van der Waals surface area contributed by atoms with E-state index in [-0.39, 0.29) is 12.5 Å². The number of anilines is 1. The Labute approximate surface area is 199 Å². The van der Waals surface area contributed by atoms with Crippen LogP contribution >= 0.6 is 34.2 Å². The van der Waals surface area contributed by atoms with Gasteiger partial charge < -0.3 is 14.8 Å². The molecule has 0 saturated heterocycles. The Hall–Kier alpha value is -2.78. The molecule has 3 aromatic rings. The molecule has 0 aromatic heterocycles. The summed E-state index contributed by atoms with van der Waals surface area (Å²) in [5, 5.41) is 7.74. The summed E-state index contributed by atoms with van der Waals surface area (Å²) in [5.41, 5.74) is 5.15. The van der Waals surface area contributed by atoms with E-state index in [0.717, 1.165) is 20.4 Å². The third kappa shape index (κ3) is 7.15. The van der Waals surface area contributed by atoms with Crippen molar-refractivity contribution in [3.8, 4) is 11.5 Å². The normalized spacial score (nSPS) is 10.7. The van der Waals surface area contributed by atoms with E-state index in [0.29, 0.717) is 23.1 Å². The standard InChI is InChI=1S/C23H21ClIN3O3/c1-30-21-12-17(13-27-28-22(29)14-26-19-5-3-2-4-6-19)11-20(25)23(21)31-15-16-7-9-18(24)10-8-16/h2-13,26H,14-15H2,1H3,(H,28,29)/b27-13-. The lowest BCUT2D eigenvalue weighted by Crippen LogP contribution is -2.25. The number of para-hydroxylation sites is 1. The Bertz CT molecular complexity index is 1040. The second-order valence-corrected chi connectivity index (χ2v) is 8.06. The molecule has 0 saturated carbocycles. The molecule has 0 bridgehead atoms. The molecule has 0 radical (unpaired) electrons. The first-order chi connectivity index (χ1) is 15.0. The zero-order chi connectivity index (χ0) is 22.1. The Morgan fingerprint density at radius 1 is 1.13 bits per heavy atom. The van der Waals surface area contributed by atoms with Crippen LogP contribution in [-0.2, 0) is 11.4 Å². The summed E-state index contributed by atoms with van der Waals surface area (Å²) in [6, 6.07) is 20.7. The van der Waals surface area contributed by atoms with E-state index < -0.39 is 0 Å². The van der Waals surface area contributed by atoms with Gasteiger partial charge in [-0.25, -0.2) is 5.43 Å². The van der Waals surface area contributed by atoms with Crippen LogP contribution in [0.3, 0.4) is 0 Å². The van der Waals surface area contributed by atoms with Crippen molar-refractivity contribution in [2.24, 2.45) is 5.10 Å². The molecule has 160 valence electrons. The van der Waals surface area contributed by atoms with Crippen LogP contribution in [-0.4, -0.2) is 25.8 Å². The van der Waals surface area contributed by atoms with E-state index >= 15 is 0 Å². The summed E-state index contributed by atoms with van der Waals surface area (Å²) >= 11 is 8.10. The van der Waals surface area contributed by atoms with Crippen molar-refractivity contribution in [3.63, 3.8) is 0 Å². The van der Waals surface area contributed by atoms with Gasteiger partial charge in [0.2, 0.25) is 0 Å². The molecule has 3 aromatic carbocycles. The Kier molecular flexibility index (Phi) is 8.54. The number of ether oxygens (including phenoxy) is 2. The van der Waals surface area contributed by atoms with E-state index in [1.807, 2.05) is 60.7 Å². The first-order valence-electron chi connectivity index (χ1n) is 9.41. The van der Waals surface area contributed by atoms with Gasteiger partial charge in [0.05, 0.1) is 23.4 Å². The van der Waals surface area contributed by atoms with Gasteiger partial charge >= 0.3 is 0 Å². The molecule has 0 heterocycles. The van der Waals surface area contributed by atoms with Crippen LogP contribution in [0.25, 0.3) is 0 Å². The van der Waals surface area contributed by atoms with E-state index in [9.17, 15) is 4.79 Å². The fourth-order valence-corrected chi connectivity index (χ4v) is 3.55. The highest BCUT2D eigenvalue weighted by Gasteiger charge is 2.11. The average Bonchev–Trinajstić information content (AvgIpc) is 2.78. The highest BCUT2D eigenvalue weighted by molar-refractivity contribution is 14.1. The molecule has 0 aliphatic carbocycles. The molecule has 0 unspecified atom stereocenters. The van der Waals surface area contributed by atoms with Gasteiger partial charge in [-0.2, -0.15) is 5.10 Å². The summed E-state index contributed by atoms with van der Waals surface area (Å²) in [6.07, 6.45) is 1.56. The van der Waals surface area contributed by atoms with Gasteiger partial charge in [-0.3, -0.25) is 4.79 Å². The number of hydrogen-bond donors (Lipinski definition) is 2. The van der Waals surface area contributed by atoms with Crippen molar-refractivity contribution < 1.29 is 14.3 Å². The molecule has 0 atom stereocenters. The number of hydrogen-bond acceptors (Lipinski definition) is 5. The zero-order valence-corrected chi connectivity index (χ0v) is 19.7. The van der Waals surface area contributed by atoms with E-state index in [1.54, 1.807) is 19.4 Å². The van der Waals surface area contributed by atoms with Gasteiger partial charge in [-0.15, -0.1) is 0 Å². The maximum absolute atomic E-state index is 11.9. The molecular weight excluding hydrogens is 529 g/mol. The minimum Gasteiger partial charge on any atom is -0.493 e. The highest BCUT2D eigenvalue weighted by Crippen LogP contribution is 2.34. The van der Waals surface area contributed by atoms with Crippen molar-refractivity contribution in [1.82, 2.24) is 5.43 Å². The summed E-state index contributed by atoms with van der Waals surface area (Å²) in [4.78, 5) is 11.9. The van der Waals surface area contributed by atoms with E-state index in [1.165, 1.54) is 0 Å². The Morgan fingerprint density at radius 3 is 2.58 bits per heavy atom. The third-order valence-corrected chi connectivity index (χ3v) is 5.23. The maximum atomic E-state index is 11.9. The summed E-state index contributed by atoms with van der Waals surface area (Å²) in [6.45, 7) is 0.515. The third-order valence-electron chi connectivity index (χ3n) is 4.18. The molecule has 0 aliphatic heterocycles. The quantitative estimate of drug-likeness (QED) is 0.222. The van der Waals surface area contributed by atoms with Crippen LogP contribution in [0, 0.1) is 3.57 Å². The zero-order valence-electron chi connectivity index (χ0n) is 16.8. The minimum atomic E-state index is -0.246. The number of amides is 1. The summed E-state index contributed by atoms with van der Waals surface area (Å²) in [7, 11) is 1.58. The molecule has 0 spiro atoms. The molecule has 1 amide bonds. The monoisotopic (exact) mass is 549 g/mol. The van der Waals surface area contributed by atoms with E-state index in [2.05, 4.69) is 38.4 Å². The van der Waals surface area contributed by atoms with Gasteiger partial charge in [0.25, 0.3) is 5.91 Å². The summed E-state index contributed by atoms with van der Waals surface area (Å²) < 4.78 is 12.3. The first kappa shape index (κ1) is 22.9. The van der Waals surface area contributed by atoms with Gasteiger partial charge in [-0.05, 0) is 70.1 Å². The van der Waals surface area contributed by atoms with Crippen LogP contribution < -0.4 is 20.2 Å². The lowest BCUT2D eigenvalue weighted by molar-refractivity contribution is -0.119. The van der Waals surface area contributed by atoms with Gasteiger partial charge in [0.15, 0.2) is 11.5 Å². The highest BCUT2D eigenvalue weighted by atomic mass is 127. The number of benzene rings is 3. The Balaban J connectivity index is 1.58. The minimum absolute atomic E-state index is 0.125. The lowest BCUT2D eigenvalue weighted by Gasteiger charge is -2.13. The lowest BCUT2D eigenvalue weighted by atomic mass is 10.2. The predicted molar refractivity (Wildman–Crippen MR) is 132 cm³/mol. The maximum Gasteiger partial charge on any atom is 0.259 e. The summed E-state index contributed by atoms with van der Waals surface area (Å²) in [5.74, 6) is 0.982. The predicted octanol–water partition coefficient (Wildman–Crippen LogP) is 5.09. The number of halogens is 2. The van der Waals surface area contributed by atoms with Crippen molar-refractivity contribution in [1.29, 1.82) is 0 Å². The number of nitrogens with one attached hydrogen (secondary N) is 2. The smallest absolute Gasteiger partial charge is 0.259 e. The topological polar surface area (TPSA) is 72.0 Å². The van der Waals surface area contributed by atoms with Crippen molar-refractivity contribution in [3.05, 3.63) is 86.4 Å². The van der Waals surface area contributed by atoms with Crippen molar-refractivity contribution >= 4 is 52.0 Å². The fraction of sp³-hybridized carbons (Fsp3) is 0.130. The molecular formula is C23H21ClIN3O3. The molecule has 0 aliphatic rings. The second kappa shape index (κ2) is 11.6. The van der Waals surface area contributed by atoms with Gasteiger partial charge in [-0.1, -0.05) is 41.9 Å². The molecule has 3 rings (SSSR count). The van der Waals surface area contributed by atoms with Crippen LogP contribution in [0.1, 0.15) is 11.1 Å². The number of rotatable bonds is 9. The van der Waals surface area contributed by atoms with Gasteiger partial charge in [0.1, 0.15) is 6.61 Å². The molecule has 31 heavy (non-hydrogen) atoms. The largest absolute Gasteiger partial charge is 0.493 e. The van der Waals surface area contributed by atoms with Crippen molar-refractivity contribution in [2.45, 2.75) is 6.61 Å². The van der Waals surface area contributed by atoms with Gasteiger partial charge in [0, 0.05) is 10.7 Å². The molecule has 2 N–H and O–H groups in total. The molecule has 0 fully saturated rings. The molecule has 8 heteroatoms. The number of hydrazone groups is 1. The van der Waals surface area contributed by atoms with E-state index in [4.69, 9.17) is 21.1 Å². The average molecular weight is 550 g/mol. The molecule has 6 nitrogen and oxygen atoms in total. The van der Waals surface area contributed by atoms with Crippen LogP contribution in [0.5, 0.6) is 11.5 Å². The van der Waals surface area contributed by atoms with Crippen LogP contribution in [0.15, 0.2) is 71.8 Å². The second-order valence-electron chi connectivity index (χ2n) is 6.46. The number of carbonyl (C=O) groups excluding carboxylic acids is 1. The van der Waals surface area contributed by atoms with Crippen molar-refractivity contribution in [2.75, 3.05) is 19.0 Å². The first-order valence-corrected chi connectivity index (χ1v) is 10.9. The SMILES string of the molecule is COc1cc(/C=N\NC(=O)CNc2ccccc2)cc(I)c1OCc1ccc(Cl)cc1. The number of methoxy groups -OCH3 is 1. The van der Waals surface area contributed by atoms with Crippen LogP contribution in [0.2, 0.25) is 5.02 Å². The fourth-order valence-electron chi connectivity index (χ4n) is 2.65. The number of carbonyl (C=O) groups is 1. The number of nitrogens with zero attached hydrogens (tertiary/aromatic N) is 1. The Morgan fingerprint density at radius 2 is 1.87 bits per heavy atom. The van der Waals surface area contributed by atoms with Crippen LogP contribution in [0.4, 0.5) is 5.69 Å².